The highest BCUT2D eigenvalue weighted by molar-refractivity contribution is 9.10. The van der Waals surface area contributed by atoms with Gasteiger partial charge in [-0.1, -0.05) is 54.7 Å². The summed E-state index contributed by atoms with van der Waals surface area (Å²) >= 11 is 10.4. The summed E-state index contributed by atoms with van der Waals surface area (Å²) in [6, 6.07) is 5.08. The molecule has 0 atom stereocenters. The molecule has 0 spiro atoms. The zero-order chi connectivity index (χ0) is 12.2. The molecule has 0 saturated heterocycles. The van der Waals surface area contributed by atoms with E-state index in [-0.39, 0.29) is 11.2 Å². The van der Waals surface area contributed by atoms with Crippen LogP contribution in [-0.4, -0.2) is 10.7 Å². The fraction of sp³-hybridized carbons (Fsp3) is 0.500. The molecule has 0 nitrogen and oxygen atoms in total. The Hall–Kier alpha value is 0.590. The minimum Gasteiger partial charge on any atom is -0.207 e. The molecule has 0 unspecified atom stereocenters. The second-order valence-electron chi connectivity index (χ2n) is 4.08. The first-order valence-corrected chi connectivity index (χ1v) is 8.16. The summed E-state index contributed by atoms with van der Waals surface area (Å²) in [6.45, 7) is 2.16. The van der Waals surface area contributed by atoms with Gasteiger partial charge in [0.1, 0.15) is 5.82 Å². The van der Waals surface area contributed by atoms with Crippen LogP contribution in [0.5, 0.6) is 0 Å². The summed E-state index contributed by atoms with van der Waals surface area (Å²) in [6.07, 6.45) is 1.92. The SMILES string of the molecule is CCC(CBr)(CBr)Cc1cc(F)cc(Br)c1. The summed E-state index contributed by atoms with van der Waals surface area (Å²) in [7, 11) is 0. The molecule has 1 aromatic carbocycles. The van der Waals surface area contributed by atoms with E-state index in [4.69, 9.17) is 0 Å². The molecule has 0 saturated carbocycles. The minimum absolute atomic E-state index is 0.160. The van der Waals surface area contributed by atoms with Gasteiger partial charge in [-0.25, -0.2) is 4.39 Å². The van der Waals surface area contributed by atoms with Crippen LogP contribution in [0.2, 0.25) is 0 Å². The molecule has 0 N–H and O–H groups in total. The van der Waals surface area contributed by atoms with E-state index in [9.17, 15) is 4.39 Å². The smallest absolute Gasteiger partial charge is 0.124 e. The molecule has 4 heteroatoms. The Labute approximate surface area is 121 Å². The van der Waals surface area contributed by atoms with Gasteiger partial charge in [0, 0.05) is 15.1 Å². The van der Waals surface area contributed by atoms with Gasteiger partial charge < -0.3 is 0 Å². The molecule has 16 heavy (non-hydrogen) atoms. The molecule has 1 rings (SSSR count). The third kappa shape index (κ3) is 3.81. The van der Waals surface area contributed by atoms with Crippen molar-refractivity contribution in [3.63, 3.8) is 0 Å². The Morgan fingerprint density at radius 1 is 1.19 bits per heavy atom. The number of hydrogen-bond acceptors (Lipinski definition) is 0. The van der Waals surface area contributed by atoms with Crippen molar-refractivity contribution in [2.75, 3.05) is 10.7 Å². The third-order valence-electron chi connectivity index (χ3n) is 2.82. The first-order valence-electron chi connectivity index (χ1n) is 5.12. The van der Waals surface area contributed by atoms with Gasteiger partial charge in [-0.15, -0.1) is 0 Å². The molecular formula is C12H14Br3F. The molecule has 0 heterocycles. The molecule has 0 radical (unpaired) electrons. The van der Waals surface area contributed by atoms with E-state index in [1.54, 1.807) is 6.07 Å². The van der Waals surface area contributed by atoms with Gasteiger partial charge in [0.15, 0.2) is 0 Å². The summed E-state index contributed by atoms with van der Waals surface area (Å²) < 4.78 is 14.1. The number of alkyl halides is 2. The van der Waals surface area contributed by atoms with Crippen molar-refractivity contribution in [3.8, 4) is 0 Å². The molecule has 1 aromatic rings. The Morgan fingerprint density at radius 2 is 1.81 bits per heavy atom. The second kappa shape index (κ2) is 6.50. The van der Waals surface area contributed by atoms with Gasteiger partial charge in [0.2, 0.25) is 0 Å². The van der Waals surface area contributed by atoms with E-state index in [0.717, 1.165) is 33.5 Å². The first-order chi connectivity index (χ1) is 7.55. The predicted molar refractivity (Wildman–Crippen MR) is 78.1 cm³/mol. The van der Waals surface area contributed by atoms with Gasteiger partial charge >= 0.3 is 0 Å². The van der Waals surface area contributed by atoms with Crippen molar-refractivity contribution in [3.05, 3.63) is 34.1 Å². The molecule has 0 bridgehead atoms. The van der Waals surface area contributed by atoms with Crippen LogP contribution in [-0.2, 0) is 6.42 Å². The zero-order valence-corrected chi connectivity index (χ0v) is 13.8. The van der Waals surface area contributed by atoms with Crippen molar-refractivity contribution in [1.29, 1.82) is 0 Å². The van der Waals surface area contributed by atoms with Gasteiger partial charge in [-0.2, -0.15) is 0 Å². The lowest BCUT2D eigenvalue weighted by Crippen LogP contribution is -2.26. The standard InChI is InChI=1S/C12H14Br3F/c1-2-12(7-13,8-14)6-9-3-10(15)5-11(16)4-9/h3-5H,2,6-8H2,1H3. The zero-order valence-electron chi connectivity index (χ0n) is 9.07. The van der Waals surface area contributed by atoms with Gasteiger partial charge in [0.05, 0.1) is 0 Å². The highest BCUT2D eigenvalue weighted by atomic mass is 79.9. The molecule has 0 fully saturated rings. The normalized spacial score (nSPS) is 11.8. The van der Waals surface area contributed by atoms with Crippen LogP contribution in [0.3, 0.4) is 0 Å². The van der Waals surface area contributed by atoms with E-state index in [1.807, 2.05) is 6.07 Å². The quantitative estimate of drug-likeness (QED) is 0.570. The number of benzene rings is 1. The van der Waals surface area contributed by atoms with Crippen molar-refractivity contribution < 1.29 is 4.39 Å². The summed E-state index contributed by atoms with van der Waals surface area (Å²) in [5.74, 6) is -0.182. The summed E-state index contributed by atoms with van der Waals surface area (Å²) in [5.41, 5.74) is 1.19. The fourth-order valence-electron chi connectivity index (χ4n) is 1.59. The van der Waals surface area contributed by atoms with Crippen LogP contribution >= 0.6 is 47.8 Å². The van der Waals surface area contributed by atoms with Gasteiger partial charge in [0.25, 0.3) is 0 Å². The minimum atomic E-state index is -0.182. The lowest BCUT2D eigenvalue weighted by atomic mass is 9.83. The van der Waals surface area contributed by atoms with Gasteiger partial charge in [-0.05, 0) is 42.0 Å². The first kappa shape index (κ1) is 14.7. The van der Waals surface area contributed by atoms with Crippen LogP contribution in [0, 0.1) is 11.2 Å². The maximum Gasteiger partial charge on any atom is 0.124 e. The lowest BCUT2D eigenvalue weighted by Gasteiger charge is -2.28. The van der Waals surface area contributed by atoms with E-state index in [2.05, 4.69) is 54.7 Å². The largest absolute Gasteiger partial charge is 0.207 e. The second-order valence-corrected chi connectivity index (χ2v) is 6.11. The Kier molecular flexibility index (Phi) is 5.95. The van der Waals surface area contributed by atoms with Crippen LogP contribution in [0.15, 0.2) is 22.7 Å². The fourth-order valence-corrected chi connectivity index (χ4v) is 4.22. The lowest BCUT2D eigenvalue weighted by molar-refractivity contribution is 0.373. The van der Waals surface area contributed by atoms with E-state index in [1.165, 1.54) is 6.07 Å². The van der Waals surface area contributed by atoms with Crippen LogP contribution in [0.1, 0.15) is 18.9 Å². The molecule has 90 valence electrons. The maximum atomic E-state index is 13.3. The van der Waals surface area contributed by atoms with Crippen molar-refractivity contribution in [1.82, 2.24) is 0 Å². The summed E-state index contributed by atoms with van der Waals surface area (Å²) in [4.78, 5) is 0. The van der Waals surface area contributed by atoms with E-state index in [0.29, 0.717) is 0 Å². The summed E-state index contributed by atoms with van der Waals surface area (Å²) in [5, 5.41) is 1.83. The maximum absolute atomic E-state index is 13.3. The monoisotopic (exact) mass is 414 g/mol. The van der Waals surface area contributed by atoms with E-state index >= 15 is 0 Å². The Balaban J connectivity index is 2.93. The molecule has 0 aliphatic heterocycles. The molecular weight excluding hydrogens is 403 g/mol. The predicted octanol–water partition coefficient (Wildman–Crippen LogP) is 5.32. The molecule has 0 aliphatic rings. The third-order valence-corrected chi connectivity index (χ3v) is 5.66. The van der Waals surface area contributed by atoms with Crippen molar-refractivity contribution >= 4 is 47.8 Å². The van der Waals surface area contributed by atoms with E-state index < -0.39 is 0 Å². The topological polar surface area (TPSA) is 0 Å². The van der Waals surface area contributed by atoms with Crippen LogP contribution in [0.4, 0.5) is 4.39 Å². The van der Waals surface area contributed by atoms with Gasteiger partial charge in [-0.3, -0.25) is 0 Å². The average Bonchev–Trinajstić information content (AvgIpc) is 2.25. The number of hydrogen-bond donors (Lipinski definition) is 0. The van der Waals surface area contributed by atoms with Crippen LogP contribution in [0.25, 0.3) is 0 Å². The molecule has 0 aliphatic carbocycles. The van der Waals surface area contributed by atoms with Crippen molar-refractivity contribution in [2.45, 2.75) is 19.8 Å². The Bertz CT molecular complexity index is 320. The molecule has 0 aromatic heterocycles. The molecule has 0 amide bonds. The van der Waals surface area contributed by atoms with Crippen molar-refractivity contribution in [2.24, 2.45) is 5.41 Å². The van der Waals surface area contributed by atoms with Crippen LogP contribution < -0.4 is 0 Å². The average molecular weight is 417 g/mol. The number of rotatable bonds is 5. The number of halogens is 4. The highest BCUT2D eigenvalue weighted by Gasteiger charge is 2.26. The Morgan fingerprint density at radius 3 is 2.25 bits per heavy atom. The highest BCUT2D eigenvalue weighted by Crippen LogP contribution is 2.32.